The number of H-pyrrole nitrogens is 1. The van der Waals surface area contributed by atoms with Gasteiger partial charge in [0.1, 0.15) is 13.2 Å². The number of benzene rings is 1. The Kier molecular flexibility index (Phi) is 6.98. The number of rotatable bonds is 9. The molecule has 0 spiro atoms. The maximum Gasteiger partial charge on any atom is 0.252 e. The highest BCUT2D eigenvalue weighted by molar-refractivity contribution is 5.83. The van der Waals surface area contributed by atoms with Crippen molar-refractivity contribution in [3.05, 3.63) is 39.9 Å². The highest BCUT2D eigenvalue weighted by Crippen LogP contribution is 2.34. The molecule has 2 aliphatic heterocycles. The van der Waals surface area contributed by atoms with Gasteiger partial charge in [0.05, 0.1) is 30.8 Å². The predicted molar refractivity (Wildman–Crippen MR) is 127 cm³/mol. The molecule has 1 aromatic carbocycles. The van der Waals surface area contributed by atoms with E-state index < -0.39 is 0 Å². The molecule has 1 fully saturated rings. The minimum atomic E-state index is -0.200. The van der Waals surface area contributed by atoms with Crippen LogP contribution in [0.2, 0.25) is 0 Å². The summed E-state index contributed by atoms with van der Waals surface area (Å²) in [7, 11) is 0. The van der Waals surface area contributed by atoms with E-state index in [1.807, 2.05) is 12.1 Å². The Hall–Kier alpha value is -3.02. The summed E-state index contributed by atoms with van der Waals surface area (Å²) >= 11 is 0. The molecule has 2 aliphatic rings. The first-order valence-corrected chi connectivity index (χ1v) is 12.2. The highest BCUT2D eigenvalue weighted by atomic mass is 16.6. The van der Waals surface area contributed by atoms with Gasteiger partial charge < -0.3 is 24.3 Å². The molecule has 0 radical (unpaired) electrons. The summed E-state index contributed by atoms with van der Waals surface area (Å²) in [5.74, 6) is 2.14. The zero-order chi connectivity index (χ0) is 24.4. The second kappa shape index (κ2) is 10.3. The molecule has 35 heavy (non-hydrogen) atoms. The van der Waals surface area contributed by atoms with E-state index in [1.54, 1.807) is 10.7 Å². The quantitative estimate of drug-likeness (QED) is 0.466. The van der Waals surface area contributed by atoms with Crippen molar-refractivity contribution in [1.82, 2.24) is 30.1 Å². The summed E-state index contributed by atoms with van der Waals surface area (Å²) in [4.78, 5) is 18.1. The summed E-state index contributed by atoms with van der Waals surface area (Å²) in [6, 6.07) is 5.37. The van der Waals surface area contributed by atoms with E-state index in [1.165, 1.54) is 0 Å². The fourth-order valence-electron chi connectivity index (χ4n) is 4.99. The van der Waals surface area contributed by atoms with Crippen LogP contribution < -0.4 is 15.0 Å². The summed E-state index contributed by atoms with van der Waals surface area (Å²) in [6.07, 6.45) is 2.12. The smallest absolute Gasteiger partial charge is 0.252 e. The first-order valence-electron chi connectivity index (χ1n) is 12.2. The summed E-state index contributed by atoms with van der Waals surface area (Å²) in [5, 5.41) is 23.3. The number of aromatic nitrogens is 5. The Morgan fingerprint density at radius 2 is 2.00 bits per heavy atom. The Morgan fingerprint density at radius 1 is 1.20 bits per heavy atom. The average Bonchev–Trinajstić information content (AvgIpc) is 3.51. The number of aliphatic hydroxyl groups excluding tert-OH is 1. The Labute approximate surface area is 203 Å². The van der Waals surface area contributed by atoms with Gasteiger partial charge in [-0.05, 0) is 41.3 Å². The van der Waals surface area contributed by atoms with Crippen LogP contribution >= 0.6 is 0 Å². The standard InChI is InChI=1S/C24H32N6O5/c1-15(2)22(23-26-27-28-30(23)14-18-4-3-7-33-18)29(5-6-31)13-17-10-16-11-20-21(35-9-8-34-20)12-19(16)25-24(17)32/h10-12,15,18,22,31H,3-9,13-14H2,1-2H3,(H,25,32)/t18-,22+/m1/s1. The van der Waals surface area contributed by atoms with Crippen molar-refractivity contribution < 1.29 is 19.3 Å². The number of hydrogen-bond donors (Lipinski definition) is 2. The van der Waals surface area contributed by atoms with Crippen molar-refractivity contribution >= 4 is 10.9 Å². The fraction of sp³-hybridized carbons (Fsp3) is 0.583. The molecule has 2 N–H and O–H groups in total. The fourth-order valence-corrected chi connectivity index (χ4v) is 4.99. The van der Waals surface area contributed by atoms with Crippen LogP contribution in [0.25, 0.3) is 10.9 Å². The van der Waals surface area contributed by atoms with Crippen LogP contribution in [0, 0.1) is 5.92 Å². The molecule has 2 atom stereocenters. The average molecular weight is 485 g/mol. The lowest BCUT2D eigenvalue weighted by molar-refractivity contribution is 0.0819. The normalized spacial score (nSPS) is 18.6. The molecule has 0 amide bonds. The first kappa shape index (κ1) is 23.7. The molecule has 0 aliphatic carbocycles. The van der Waals surface area contributed by atoms with E-state index in [0.29, 0.717) is 61.3 Å². The lowest BCUT2D eigenvalue weighted by Gasteiger charge is -2.33. The third kappa shape index (κ3) is 5.02. The number of tetrazole rings is 1. The third-order valence-corrected chi connectivity index (χ3v) is 6.59. The molecule has 0 saturated carbocycles. The second-order valence-corrected chi connectivity index (χ2v) is 9.44. The van der Waals surface area contributed by atoms with Crippen molar-refractivity contribution in [2.75, 3.05) is 33.0 Å². The van der Waals surface area contributed by atoms with Gasteiger partial charge in [0, 0.05) is 36.7 Å². The van der Waals surface area contributed by atoms with E-state index in [4.69, 9.17) is 14.2 Å². The summed E-state index contributed by atoms with van der Waals surface area (Å²) < 4.78 is 18.9. The number of nitrogens with one attached hydrogen (secondary N) is 1. The largest absolute Gasteiger partial charge is 0.486 e. The summed E-state index contributed by atoms with van der Waals surface area (Å²) in [6.45, 7) is 7.16. The van der Waals surface area contributed by atoms with Crippen molar-refractivity contribution in [2.45, 2.75) is 51.9 Å². The minimum absolute atomic E-state index is 0.0549. The maximum atomic E-state index is 13.0. The molecule has 188 valence electrons. The zero-order valence-corrected chi connectivity index (χ0v) is 20.1. The highest BCUT2D eigenvalue weighted by Gasteiger charge is 2.31. The van der Waals surface area contributed by atoms with Crippen LogP contribution in [-0.2, 0) is 17.8 Å². The Morgan fingerprint density at radius 3 is 2.71 bits per heavy atom. The van der Waals surface area contributed by atoms with Crippen molar-refractivity contribution in [3.63, 3.8) is 0 Å². The molecule has 0 unspecified atom stereocenters. The molecule has 5 rings (SSSR count). The van der Waals surface area contributed by atoms with Crippen LogP contribution in [-0.4, -0.2) is 74.3 Å². The van der Waals surface area contributed by atoms with E-state index in [0.717, 1.165) is 24.8 Å². The van der Waals surface area contributed by atoms with Gasteiger partial charge in [0.25, 0.3) is 5.56 Å². The van der Waals surface area contributed by atoms with Gasteiger partial charge in [0.15, 0.2) is 17.3 Å². The van der Waals surface area contributed by atoms with Crippen molar-refractivity contribution in [3.8, 4) is 11.5 Å². The lowest BCUT2D eigenvalue weighted by atomic mass is 10.00. The molecule has 4 heterocycles. The van der Waals surface area contributed by atoms with Crippen LogP contribution in [0.15, 0.2) is 23.0 Å². The van der Waals surface area contributed by atoms with E-state index in [2.05, 4.69) is 39.3 Å². The van der Waals surface area contributed by atoms with E-state index in [-0.39, 0.29) is 30.2 Å². The Bertz CT molecular complexity index is 1220. The van der Waals surface area contributed by atoms with Gasteiger partial charge in [-0.25, -0.2) is 4.68 Å². The SMILES string of the molecule is CC(C)[C@@H](c1nnnn1C[C@H]1CCCO1)N(CCO)Cc1cc2cc3c(cc2[nH]c1=O)OCCO3. The van der Waals surface area contributed by atoms with Crippen LogP contribution in [0.3, 0.4) is 0 Å². The zero-order valence-electron chi connectivity index (χ0n) is 20.1. The van der Waals surface area contributed by atoms with E-state index >= 15 is 0 Å². The van der Waals surface area contributed by atoms with Gasteiger partial charge >= 0.3 is 0 Å². The number of aromatic amines is 1. The van der Waals surface area contributed by atoms with Gasteiger partial charge in [0.2, 0.25) is 0 Å². The number of ether oxygens (including phenoxy) is 3. The molecule has 3 aromatic rings. The van der Waals surface area contributed by atoms with Gasteiger partial charge in [-0.3, -0.25) is 9.69 Å². The second-order valence-electron chi connectivity index (χ2n) is 9.44. The number of pyridine rings is 1. The number of aliphatic hydroxyl groups is 1. The number of fused-ring (bicyclic) bond motifs is 2. The molecule has 11 nitrogen and oxygen atoms in total. The van der Waals surface area contributed by atoms with Crippen LogP contribution in [0.4, 0.5) is 0 Å². The van der Waals surface area contributed by atoms with Crippen molar-refractivity contribution in [2.24, 2.45) is 5.92 Å². The molecular weight excluding hydrogens is 452 g/mol. The van der Waals surface area contributed by atoms with Gasteiger partial charge in [-0.1, -0.05) is 13.8 Å². The molecule has 2 aromatic heterocycles. The monoisotopic (exact) mass is 484 g/mol. The molecular formula is C24H32N6O5. The van der Waals surface area contributed by atoms with Crippen molar-refractivity contribution in [1.29, 1.82) is 0 Å². The third-order valence-electron chi connectivity index (χ3n) is 6.59. The number of nitrogens with zero attached hydrogens (tertiary/aromatic N) is 5. The van der Waals surface area contributed by atoms with Gasteiger partial charge in [-0.2, -0.15) is 0 Å². The molecule has 0 bridgehead atoms. The molecule has 1 saturated heterocycles. The lowest BCUT2D eigenvalue weighted by Crippen LogP contribution is -2.37. The number of hydrogen-bond acceptors (Lipinski definition) is 9. The van der Waals surface area contributed by atoms with Crippen LogP contribution in [0.1, 0.15) is 44.1 Å². The topological polar surface area (TPSA) is 128 Å². The first-order chi connectivity index (χ1) is 17.0. The predicted octanol–water partition coefficient (Wildman–Crippen LogP) is 1.66. The Balaban J connectivity index is 1.46. The maximum absolute atomic E-state index is 13.0. The van der Waals surface area contributed by atoms with Crippen LogP contribution in [0.5, 0.6) is 11.5 Å². The van der Waals surface area contributed by atoms with E-state index in [9.17, 15) is 9.90 Å². The molecule has 11 heteroatoms. The minimum Gasteiger partial charge on any atom is -0.486 e. The summed E-state index contributed by atoms with van der Waals surface area (Å²) in [5.41, 5.74) is 1.10. The van der Waals surface area contributed by atoms with Gasteiger partial charge in [-0.15, -0.1) is 5.10 Å².